The number of hydrogen-bond acceptors (Lipinski definition) is 3. The molecule has 0 aliphatic rings. The molecule has 0 radical (unpaired) electrons. The average molecular weight is 435 g/mol. The molecule has 2 rings (SSSR count). The van der Waals surface area contributed by atoms with Crippen molar-refractivity contribution in [2.75, 3.05) is 14.2 Å². The highest BCUT2D eigenvalue weighted by molar-refractivity contribution is 14.1. The van der Waals surface area contributed by atoms with Gasteiger partial charge in [-0.3, -0.25) is 0 Å². The van der Waals surface area contributed by atoms with Crippen LogP contribution in [-0.4, -0.2) is 26.9 Å². The lowest BCUT2D eigenvalue weighted by Crippen LogP contribution is -2.27. The van der Waals surface area contributed by atoms with Crippen LogP contribution in [0, 0.1) is 9.39 Å². The fraction of sp³-hybridized carbons (Fsp3) is 0.200. The Labute approximate surface area is 143 Å². The summed E-state index contributed by atoms with van der Waals surface area (Å²) in [6, 6.07) is 10.7. The van der Waals surface area contributed by atoms with E-state index in [9.17, 15) is 12.8 Å². The number of sulfonamides is 1. The molecule has 0 N–H and O–H groups in total. The molecule has 0 aromatic heterocycles. The first-order valence-electron chi connectivity index (χ1n) is 6.39. The third-order valence-corrected chi connectivity index (χ3v) is 5.82. The highest BCUT2D eigenvalue weighted by atomic mass is 127. The topological polar surface area (TPSA) is 46.6 Å². The third kappa shape index (κ3) is 3.58. The van der Waals surface area contributed by atoms with E-state index in [1.165, 1.54) is 32.4 Å². The first kappa shape index (κ1) is 17.2. The van der Waals surface area contributed by atoms with Crippen molar-refractivity contribution in [2.45, 2.75) is 11.4 Å². The summed E-state index contributed by atoms with van der Waals surface area (Å²) in [7, 11) is -0.742. The predicted molar refractivity (Wildman–Crippen MR) is 90.8 cm³/mol. The van der Waals surface area contributed by atoms with E-state index in [4.69, 9.17) is 4.74 Å². The number of methoxy groups -OCH3 is 1. The maximum absolute atomic E-state index is 13.7. The van der Waals surface area contributed by atoms with Crippen molar-refractivity contribution in [3.63, 3.8) is 0 Å². The highest BCUT2D eigenvalue weighted by Gasteiger charge is 2.22. The zero-order valence-electron chi connectivity index (χ0n) is 12.1. The molecule has 0 fully saturated rings. The minimum Gasteiger partial charge on any atom is -0.496 e. The Bertz CT molecular complexity index is 780. The van der Waals surface area contributed by atoms with Crippen LogP contribution in [0.25, 0.3) is 0 Å². The molecule has 0 saturated heterocycles. The monoisotopic (exact) mass is 435 g/mol. The Balaban J connectivity index is 2.30. The summed E-state index contributed by atoms with van der Waals surface area (Å²) in [4.78, 5) is 0.150. The standard InChI is InChI=1S/C15H15FINO3S/c1-18(10-11-5-3-4-6-13(11)16)22(19,20)12-7-8-15(21-2)14(17)9-12/h3-9H,10H2,1-2H3. The Morgan fingerprint density at radius 2 is 1.91 bits per heavy atom. The van der Waals surface area contributed by atoms with Gasteiger partial charge in [-0.05, 0) is 46.9 Å². The van der Waals surface area contributed by atoms with Crippen LogP contribution < -0.4 is 4.74 Å². The summed E-state index contributed by atoms with van der Waals surface area (Å²) in [5, 5.41) is 0. The van der Waals surface area contributed by atoms with Crippen LogP contribution in [0.2, 0.25) is 0 Å². The summed E-state index contributed by atoms with van der Waals surface area (Å²) in [6.45, 7) is -0.0301. The van der Waals surface area contributed by atoms with Gasteiger partial charge in [0.25, 0.3) is 0 Å². The molecule has 7 heteroatoms. The van der Waals surface area contributed by atoms with Crippen molar-refractivity contribution in [1.29, 1.82) is 0 Å². The molecule has 0 heterocycles. The van der Waals surface area contributed by atoms with E-state index in [0.29, 0.717) is 14.9 Å². The first-order chi connectivity index (χ1) is 10.4. The summed E-state index contributed by atoms with van der Waals surface area (Å²) in [5.74, 6) is 0.185. The molecule has 22 heavy (non-hydrogen) atoms. The second-order valence-electron chi connectivity index (χ2n) is 4.65. The molecule has 0 amide bonds. The van der Waals surface area contributed by atoms with E-state index in [1.807, 2.05) is 22.6 Å². The Kier molecular flexibility index (Phi) is 5.41. The van der Waals surface area contributed by atoms with E-state index in [-0.39, 0.29) is 11.4 Å². The SMILES string of the molecule is COc1ccc(S(=O)(=O)N(C)Cc2ccccc2F)cc1I. The van der Waals surface area contributed by atoms with E-state index in [2.05, 4.69) is 0 Å². The van der Waals surface area contributed by atoms with Gasteiger partial charge in [-0.25, -0.2) is 12.8 Å². The summed E-state index contributed by atoms with van der Waals surface area (Å²) >= 11 is 2.01. The molecule has 0 unspecified atom stereocenters. The lowest BCUT2D eigenvalue weighted by molar-refractivity contribution is 0.411. The third-order valence-electron chi connectivity index (χ3n) is 3.18. The quantitative estimate of drug-likeness (QED) is 0.678. The van der Waals surface area contributed by atoms with Gasteiger partial charge in [0.1, 0.15) is 11.6 Å². The van der Waals surface area contributed by atoms with Gasteiger partial charge < -0.3 is 4.74 Å². The zero-order valence-corrected chi connectivity index (χ0v) is 15.1. The van der Waals surface area contributed by atoms with Gasteiger partial charge in [-0.1, -0.05) is 18.2 Å². The molecule has 2 aromatic rings. The molecule has 0 aliphatic heterocycles. The molecule has 0 spiro atoms. The molecule has 118 valence electrons. The van der Waals surface area contributed by atoms with Gasteiger partial charge in [-0.2, -0.15) is 4.31 Å². The van der Waals surface area contributed by atoms with Crippen LogP contribution in [-0.2, 0) is 16.6 Å². The van der Waals surface area contributed by atoms with Crippen molar-refractivity contribution < 1.29 is 17.5 Å². The first-order valence-corrected chi connectivity index (χ1v) is 8.91. The van der Waals surface area contributed by atoms with Crippen LogP contribution in [0.4, 0.5) is 4.39 Å². The number of nitrogens with zero attached hydrogens (tertiary/aromatic N) is 1. The highest BCUT2D eigenvalue weighted by Crippen LogP contribution is 2.26. The van der Waals surface area contributed by atoms with Crippen LogP contribution >= 0.6 is 22.6 Å². The van der Waals surface area contributed by atoms with Crippen molar-refractivity contribution in [3.05, 3.63) is 57.4 Å². The smallest absolute Gasteiger partial charge is 0.243 e. The minimum absolute atomic E-state index is 0.0301. The summed E-state index contributed by atoms with van der Waals surface area (Å²) < 4.78 is 45.7. The number of ether oxygens (including phenoxy) is 1. The Morgan fingerprint density at radius 1 is 1.23 bits per heavy atom. The van der Waals surface area contributed by atoms with E-state index in [1.54, 1.807) is 24.3 Å². The molecule has 4 nitrogen and oxygen atoms in total. The Hall–Kier alpha value is -1.19. The lowest BCUT2D eigenvalue weighted by atomic mass is 10.2. The lowest BCUT2D eigenvalue weighted by Gasteiger charge is -2.18. The van der Waals surface area contributed by atoms with Crippen LogP contribution in [0.1, 0.15) is 5.56 Å². The molecule has 0 saturated carbocycles. The van der Waals surface area contributed by atoms with Gasteiger partial charge in [0.2, 0.25) is 10.0 Å². The molecular formula is C15H15FINO3S. The fourth-order valence-corrected chi connectivity index (χ4v) is 4.06. The number of rotatable bonds is 5. The Morgan fingerprint density at radius 3 is 2.50 bits per heavy atom. The summed E-state index contributed by atoms with van der Waals surface area (Å²) in [5.41, 5.74) is 0.330. The van der Waals surface area contributed by atoms with Crippen LogP contribution in [0.5, 0.6) is 5.75 Å². The van der Waals surface area contributed by atoms with Crippen molar-refractivity contribution >= 4 is 32.6 Å². The minimum atomic E-state index is -3.70. The van der Waals surface area contributed by atoms with Gasteiger partial charge in [-0.15, -0.1) is 0 Å². The molecular weight excluding hydrogens is 420 g/mol. The number of halogens is 2. The molecule has 0 bridgehead atoms. The summed E-state index contributed by atoms with van der Waals surface area (Å²) in [6.07, 6.45) is 0. The van der Waals surface area contributed by atoms with Gasteiger partial charge in [0.05, 0.1) is 15.6 Å². The molecule has 0 atom stereocenters. The van der Waals surface area contributed by atoms with Gasteiger partial charge >= 0.3 is 0 Å². The average Bonchev–Trinajstić information content (AvgIpc) is 2.49. The van der Waals surface area contributed by atoms with Gasteiger partial charge in [0.15, 0.2) is 0 Å². The molecule has 0 aliphatic carbocycles. The predicted octanol–water partition coefficient (Wildman–Crippen LogP) is 3.26. The molecule has 2 aromatic carbocycles. The maximum atomic E-state index is 13.7. The van der Waals surface area contributed by atoms with Crippen molar-refractivity contribution in [3.8, 4) is 5.75 Å². The van der Waals surface area contributed by atoms with E-state index >= 15 is 0 Å². The normalized spacial score (nSPS) is 11.7. The number of hydrogen-bond donors (Lipinski definition) is 0. The van der Waals surface area contributed by atoms with Crippen molar-refractivity contribution in [2.24, 2.45) is 0 Å². The van der Waals surface area contributed by atoms with Crippen LogP contribution in [0.3, 0.4) is 0 Å². The number of benzene rings is 2. The van der Waals surface area contributed by atoms with E-state index in [0.717, 1.165) is 4.31 Å². The van der Waals surface area contributed by atoms with Crippen LogP contribution in [0.15, 0.2) is 47.4 Å². The second-order valence-corrected chi connectivity index (χ2v) is 7.86. The van der Waals surface area contributed by atoms with E-state index < -0.39 is 15.8 Å². The maximum Gasteiger partial charge on any atom is 0.243 e. The second kappa shape index (κ2) is 6.93. The fourth-order valence-electron chi connectivity index (χ4n) is 1.94. The zero-order chi connectivity index (χ0) is 16.3. The van der Waals surface area contributed by atoms with Crippen molar-refractivity contribution in [1.82, 2.24) is 4.31 Å². The largest absolute Gasteiger partial charge is 0.496 e. The van der Waals surface area contributed by atoms with Gasteiger partial charge in [0, 0.05) is 19.2 Å².